The summed E-state index contributed by atoms with van der Waals surface area (Å²) in [5.41, 5.74) is 7.18. The first-order chi connectivity index (χ1) is 25.5. The van der Waals surface area contributed by atoms with E-state index in [0.29, 0.717) is 17.3 Å². The molecule has 0 bridgehead atoms. The van der Waals surface area contributed by atoms with E-state index in [9.17, 15) is 2.74 Å². The van der Waals surface area contributed by atoms with Crippen molar-refractivity contribution >= 4 is 27.7 Å². The van der Waals surface area contributed by atoms with Crippen molar-refractivity contribution < 1.29 is 7.48 Å². The lowest BCUT2D eigenvalue weighted by molar-refractivity contribution is -0.0673. The van der Waals surface area contributed by atoms with Gasteiger partial charge in [0, 0.05) is 64.8 Å². The Hall–Kier alpha value is -4.84. The molecule has 0 fully saturated rings. The van der Waals surface area contributed by atoms with Gasteiger partial charge in [-0.15, -0.1) is 0 Å². The van der Waals surface area contributed by atoms with Crippen LogP contribution in [0.25, 0.3) is 39.0 Å². The number of aryl methyl sites for hydroxylation is 3. The molecule has 1 aliphatic carbocycles. The fourth-order valence-corrected chi connectivity index (χ4v) is 8.32. The van der Waals surface area contributed by atoms with Crippen LogP contribution in [0.4, 0.5) is 0 Å². The lowest BCUT2D eigenvalue weighted by Gasteiger charge is -2.45. The maximum absolute atomic E-state index is 9.74. The Morgan fingerprint density at radius 3 is 2.11 bits per heavy atom. The van der Waals surface area contributed by atoms with Crippen LogP contribution >= 0.6 is 0 Å². The molecule has 1 aliphatic heterocycles. The van der Waals surface area contributed by atoms with Gasteiger partial charge in [-0.2, -0.15) is 0 Å². The van der Waals surface area contributed by atoms with Gasteiger partial charge in [0.05, 0.1) is 11.0 Å². The molecule has 6 nitrogen and oxygen atoms in total. The lowest BCUT2D eigenvalue weighted by Crippen LogP contribution is -2.54. The fourth-order valence-electron chi connectivity index (χ4n) is 8.32. The van der Waals surface area contributed by atoms with Gasteiger partial charge in [0.25, 0.3) is 0 Å². The van der Waals surface area contributed by atoms with Gasteiger partial charge in [0.1, 0.15) is 17.0 Å². The van der Waals surface area contributed by atoms with Crippen LogP contribution in [0.15, 0.2) is 77.9 Å². The van der Waals surface area contributed by atoms with Crippen molar-refractivity contribution in [1.82, 2.24) is 19.5 Å². The van der Waals surface area contributed by atoms with Crippen LogP contribution < -0.4 is 0 Å². The molecule has 3 aromatic carbocycles. The van der Waals surface area contributed by atoms with Gasteiger partial charge < -0.3 is 4.74 Å². The number of pyridine rings is 1. The van der Waals surface area contributed by atoms with Crippen LogP contribution in [0.1, 0.15) is 117 Å². The van der Waals surface area contributed by atoms with Gasteiger partial charge in [-0.3, -0.25) is 4.57 Å². The number of hydrogen-bond donors (Lipinski definition) is 0. The first kappa shape index (κ1) is 32.8. The zero-order chi connectivity index (χ0) is 39.8. The molecule has 8 rings (SSSR count). The minimum Gasteiger partial charge on any atom is -0.467 e. The second-order valence-corrected chi connectivity index (χ2v) is 18.6. The molecule has 0 saturated heterocycles. The van der Waals surface area contributed by atoms with E-state index in [4.69, 9.17) is 24.7 Å². The molecule has 3 aromatic heterocycles. The molecule has 0 amide bonds. The highest BCUT2D eigenvalue weighted by Gasteiger charge is 2.66. The number of aliphatic imine (C=N–C) groups is 1. The second-order valence-electron chi connectivity index (χ2n) is 18.6. The Bertz CT molecular complexity index is 2620. The Labute approximate surface area is 317 Å². The highest BCUT2D eigenvalue weighted by Crippen LogP contribution is 2.60. The van der Waals surface area contributed by atoms with Crippen LogP contribution in [-0.2, 0) is 27.5 Å². The zero-order valence-electron chi connectivity index (χ0n) is 35.6. The Morgan fingerprint density at radius 2 is 1.42 bits per heavy atom. The third-order valence-electron chi connectivity index (χ3n) is 11.3. The Balaban J connectivity index is 1.40. The summed E-state index contributed by atoms with van der Waals surface area (Å²) in [6.45, 7) is 27.6. The van der Waals surface area contributed by atoms with E-state index in [0.717, 1.165) is 66.8 Å². The molecule has 2 aliphatic rings. The predicted molar refractivity (Wildman–Crippen MR) is 219 cm³/mol. The fraction of sp³-hybridized carbons (Fsp3) is 0.404. The number of benzene rings is 3. The first-order valence-corrected chi connectivity index (χ1v) is 18.8. The Kier molecular flexibility index (Phi) is 7.01. The molecule has 0 unspecified atom stereocenters. The smallest absolute Gasteiger partial charge is 0.217 e. The molecule has 0 radical (unpaired) electrons. The van der Waals surface area contributed by atoms with Gasteiger partial charge in [-0.05, 0) is 86.8 Å². The maximum atomic E-state index is 9.74. The van der Waals surface area contributed by atoms with Crippen molar-refractivity contribution in [2.75, 3.05) is 0 Å². The lowest BCUT2D eigenvalue weighted by atomic mass is 9.66. The molecule has 0 saturated carbocycles. The molecular weight excluding hydrogens is 651 g/mol. The van der Waals surface area contributed by atoms with Gasteiger partial charge >= 0.3 is 0 Å². The monoisotopic (exact) mass is 705 g/mol. The predicted octanol–water partition coefficient (Wildman–Crippen LogP) is 11.2. The maximum Gasteiger partial charge on any atom is 0.217 e. The van der Waals surface area contributed by atoms with Crippen LogP contribution in [0.2, 0.25) is 0 Å². The zero-order valence-corrected chi connectivity index (χ0v) is 33.6. The largest absolute Gasteiger partial charge is 0.467 e. The summed E-state index contributed by atoms with van der Waals surface area (Å²) >= 11 is 0. The van der Waals surface area contributed by atoms with Crippen LogP contribution in [0, 0.1) is 26.2 Å². The summed E-state index contributed by atoms with van der Waals surface area (Å²) in [7, 11) is 0. The van der Waals surface area contributed by atoms with E-state index in [-0.39, 0.29) is 10.8 Å². The summed E-state index contributed by atoms with van der Waals surface area (Å²) in [5.74, 6) is 1.87. The highest BCUT2D eigenvalue weighted by atomic mass is 16.5. The minimum absolute atomic E-state index is 0.123. The van der Waals surface area contributed by atoms with E-state index in [2.05, 4.69) is 143 Å². The summed E-state index contributed by atoms with van der Waals surface area (Å²) < 4.78 is 28.9. The molecule has 6 aromatic rings. The minimum atomic E-state index is -1.82. The van der Waals surface area contributed by atoms with Crippen LogP contribution in [0.5, 0.6) is 0 Å². The number of aromatic nitrogens is 4. The van der Waals surface area contributed by atoms with Crippen molar-refractivity contribution in [3.8, 4) is 17.2 Å². The van der Waals surface area contributed by atoms with Crippen LogP contribution in [0.3, 0.4) is 0 Å². The van der Waals surface area contributed by atoms with Gasteiger partial charge in [-0.25, -0.2) is 19.9 Å². The second kappa shape index (κ2) is 11.3. The standard InChI is InChI=1S/C47H53N5O/c1-27-15-17-36-33(20-27)34-22-29(3)32(41-48-19-18-38(50-41)43(4,5)6)25-37(34)52(36)40-24-31(23-39(49-40)44(7,8)9)42-51-46(13)35-21-28(2)14-16-30(35)26-47(46,53-42)45(10,11)12/h14-25H,26H2,1-13H3/t46-,47-/m1/s1/i26D2. The van der Waals surface area contributed by atoms with E-state index >= 15 is 0 Å². The molecule has 272 valence electrons. The molecule has 2 atom stereocenters. The Morgan fingerprint density at radius 1 is 0.736 bits per heavy atom. The molecule has 4 heterocycles. The topological polar surface area (TPSA) is 65.2 Å². The van der Waals surface area contributed by atoms with Gasteiger partial charge in [0.15, 0.2) is 5.82 Å². The van der Waals surface area contributed by atoms with E-state index in [1.807, 2.05) is 24.4 Å². The van der Waals surface area contributed by atoms with Gasteiger partial charge in [0.2, 0.25) is 5.90 Å². The van der Waals surface area contributed by atoms with Crippen molar-refractivity contribution in [2.24, 2.45) is 10.4 Å². The SMILES string of the molecule is [2H]C1([2H])c2ccc(C)cc2[C@@]2(C)N=C(c3cc(-n4c5ccc(C)cc5c5cc(C)c(-c6nccc(C(C)(C)C)n6)cc54)nc(C(C)(C)C)c3)O[C@@]12C(C)(C)C. The summed E-state index contributed by atoms with van der Waals surface area (Å²) in [5, 5.41) is 2.27. The molecule has 0 N–H and O–H groups in total. The van der Waals surface area contributed by atoms with Crippen molar-refractivity contribution in [3.63, 3.8) is 0 Å². The highest BCUT2D eigenvalue weighted by molar-refractivity contribution is 6.11. The first-order valence-electron chi connectivity index (χ1n) is 19.8. The quantitative estimate of drug-likeness (QED) is 0.184. The molecule has 0 spiro atoms. The molecular formula is C47H53N5O. The number of hydrogen-bond acceptors (Lipinski definition) is 5. The van der Waals surface area contributed by atoms with Crippen molar-refractivity contribution in [1.29, 1.82) is 0 Å². The van der Waals surface area contributed by atoms with Crippen molar-refractivity contribution in [2.45, 2.75) is 118 Å². The molecule has 53 heavy (non-hydrogen) atoms. The average molecular weight is 706 g/mol. The molecule has 6 heteroatoms. The van der Waals surface area contributed by atoms with E-state index in [1.54, 1.807) is 0 Å². The van der Waals surface area contributed by atoms with Crippen LogP contribution in [-0.4, -0.2) is 31.0 Å². The van der Waals surface area contributed by atoms with Gasteiger partial charge in [-0.1, -0.05) is 97.7 Å². The third-order valence-corrected chi connectivity index (χ3v) is 11.3. The van der Waals surface area contributed by atoms with E-state index < -0.39 is 22.9 Å². The normalized spacial score (nSPS) is 21.6. The summed E-state index contributed by atoms with van der Waals surface area (Å²) in [6.07, 6.45) is 0.0408. The number of fused-ring (bicyclic) bond motifs is 6. The third kappa shape index (κ3) is 5.34. The van der Waals surface area contributed by atoms with E-state index in [1.165, 1.54) is 5.56 Å². The van der Waals surface area contributed by atoms with Crippen molar-refractivity contribution in [3.05, 3.63) is 118 Å². The summed E-state index contributed by atoms with van der Waals surface area (Å²) in [6, 6.07) is 23.2. The average Bonchev–Trinajstić information content (AvgIpc) is 3.64. The number of nitrogens with zero attached hydrogens (tertiary/aromatic N) is 5. The summed E-state index contributed by atoms with van der Waals surface area (Å²) in [4.78, 5) is 20.7. The number of rotatable bonds is 3. The number of ether oxygens (including phenoxy) is 1.